The Hall–Kier alpha value is -1.62. The minimum Gasteiger partial charge on any atom is -0.333 e. The molecule has 0 aliphatic heterocycles. The molecule has 0 radical (unpaired) electrons. The smallest absolute Gasteiger partial charge is 0.131 e. The van der Waals surface area contributed by atoms with E-state index in [-0.39, 0.29) is 6.04 Å². The van der Waals surface area contributed by atoms with Crippen molar-refractivity contribution in [2.45, 2.75) is 39.3 Å². The molecular formula is C13H21N5. The van der Waals surface area contributed by atoms with Gasteiger partial charge in [0.15, 0.2) is 0 Å². The Morgan fingerprint density at radius 1 is 1.39 bits per heavy atom. The van der Waals surface area contributed by atoms with E-state index in [4.69, 9.17) is 5.73 Å². The van der Waals surface area contributed by atoms with Crippen LogP contribution in [0.2, 0.25) is 0 Å². The standard InChI is InChI=1S/C13H21N5/c1-4-7-18-8-6-15-13(18)12(14)11-9-10(5-2)16-17(11)3/h6,8-9,12H,4-5,7,14H2,1-3H3. The third-order valence-electron chi connectivity index (χ3n) is 3.14. The number of rotatable bonds is 5. The molecule has 1 atom stereocenters. The van der Waals surface area contributed by atoms with Gasteiger partial charge in [-0.05, 0) is 18.9 Å². The zero-order chi connectivity index (χ0) is 13.1. The number of aromatic nitrogens is 4. The van der Waals surface area contributed by atoms with E-state index in [0.29, 0.717) is 0 Å². The lowest BCUT2D eigenvalue weighted by molar-refractivity contribution is 0.584. The van der Waals surface area contributed by atoms with E-state index in [0.717, 1.165) is 36.6 Å². The average Bonchev–Trinajstić information content (AvgIpc) is 2.95. The molecule has 0 fully saturated rings. The minimum atomic E-state index is -0.218. The summed E-state index contributed by atoms with van der Waals surface area (Å²) in [5.74, 6) is 0.905. The molecule has 2 N–H and O–H groups in total. The van der Waals surface area contributed by atoms with Crippen LogP contribution in [0.3, 0.4) is 0 Å². The molecule has 2 heterocycles. The van der Waals surface area contributed by atoms with Gasteiger partial charge in [0, 0.05) is 26.0 Å². The van der Waals surface area contributed by atoms with Crippen LogP contribution in [-0.4, -0.2) is 19.3 Å². The molecule has 2 rings (SSSR count). The Labute approximate surface area is 108 Å². The second-order valence-corrected chi connectivity index (χ2v) is 4.49. The predicted octanol–water partition coefficient (Wildman–Crippen LogP) is 1.64. The van der Waals surface area contributed by atoms with Crippen molar-refractivity contribution in [3.8, 4) is 0 Å². The molecule has 1 unspecified atom stereocenters. The number of nitrogens with two attached hydrogens (primary N) is 1. The average molecular weight is 247 g/mol. The first-order chi connectivity index (χ1) is 8.67. The fourth-order valence-corrected chi connectivity index (χ4v) is 2.17. The van der Waals surface area contributed by atoms with Crippen molar-refractivity contribution < 1.29 is 0 Å². The van der Waals surface area contributed by atoms with Crippen molar-refractivity contribution >= 4 is 0 Å². The van der Waals surface area contributed by atoms with Gasteiger partial charge in [0.1, 0.15) is 11.9 Å². The number of imidazole rings is 1. The van der Waals surface area contributed by atoms with Crippen molar-refractivity contribution in [1.29, 1.82) is 0 Å². The van der Waals surface area contributed by atoms with Gasteiger partial charge in [0.2, 0.25) is 0 Å². The van der Waals surface area contributed by atoms with Crippen molar-refractivity contribution in [3.05, 3.63) is 35.7 Å². The van der Waals surface area contributed by atoms with Gasteiger partial charge in [-0.15, -0.1) is 0 Å². The van der Waals surface area contributed by atoms with Crippen LogP contribution in [0.15, 0.2) is 18.5 Å². The Morgan fingerprint density at radius 3 is 2.78 bits per heavy atom. The molecule has 5 nitrogen and oxygen atoms in total. The summed E-state index contributed by atoms with van der Waals surface area (Å²) in [6.07, 6.45) is 5.78. The van der Waals surface area contributed by atoms with Crippen LogP contribution in [0.1, 0.15) is 43.5 Å². The molecule has 2 aromatic heterocycles. The van der Waals surface area contributed by atoms with Crippen LogP contribution >= 0.6 is 0 Å². The molecule has 98 valence electrons. The second kappa shape index (κ2) is 5.35. The Kier molecular flexibility index (Phi) is 3.81. The normalized spacial score (nSPS) is 12.9. The topological polar surface area (TPSA) is 61.7 Å². The summed E-state index contributed by atoms with van der Waals surface area (Å²) < 4.78 is 3.97. The van der Waals surface area contributed by atoms with Crippen LogP contribution in [-0.2, 0) is 20.0 Å². The molecule has 0 saturated carbocycles. The highest BCUT2D eigenvalue weighted by Gasteiger charge is 2.18. The summed E-state index contributed by atoms with van der Waals surface area (Å²) in [4.78, 5) is 4.38. The third-order valence-corrected chi connectivity index (χ3v) is 3.14. The largest absolute Gasteiger partial charge is 0.333 e. The zero-order valence-corrected chi connectivity index (χ0v) is 11.3. The Balaban J connectivity index is 2.31. The molecule has 0 aliphatic carbocycles. The van der Waals surface area contributed by atoms with Gasteiger partial charge in [-0.2, -0.15) is 5.10 Å². The van der Waals surface area contributed by atoms with Crippen LogP contribution in [0, 0.1) is 0 Å². The first-order valence-corrected chi connectivity index (χ1v) is 6.46. The molecule has 5 heteroatoms. The van der Waals surface area contributed by atoms with Gasteiger partial charge >= 0.3 is 0 Å². The molecule has 0 saturated heterocycles. The number of aryl methyl sites for hydroxylation is 3. The van der Waals surface area contributed by atoms with Gasteiger partial charge in [-0.3, -0.25) is 4.68 Å². The lowest BCUT2D eigenvalue weighted by Crippen LogP contribution is -2.20. The number of hydrogen-bond donors (Lipinski definition) is 1. The summed E-state index contributed by atoms with van der Waals surface area (Å²) in [6, 6.07) is 1.85. The Morgan fingerprint density at radius 2 is 2.17 bits per heavy atom. The van der Waals surface area contributed by atoms with Crippen LogP contribution in [0.5, 0.6) is 0 Å². The maximum atomic E-state index is 6.32. The second-order valence-electron chi connectivity index (χ2n) is 4.49. The molecule has 0 spiro atoms. The van der Waals surface area contributed by atoms with E-state index in [2.05, 4.69) is 34.6 Å². The maximum absolute atomic E-state index is 6.32. The quantitative estimate of drug-likeness (QED) is 0.873. The molecule has 0 bridgehead atoms. The van der Waals surface area contributed by atoms with Gasteiger partial charge < -0.3 is 10.3 Å². The Bertz CT molecular complexity index is 511. The summed E-state index contributed by atoms with van der Waals surface area (Å²) >= 11 is 0. The van der Waals surface area contributed by atoms with Gasteiger partial charge in [-0.1, -0.05) is 13.8 Å². The SMILES string of the molecule is CCCn1ccnc1C(N)c1cc(CC)nn1C. The molecule has 2 aromatic rings. The van der Waals surface area contributed by atoms with Gasteiger partial charge in [0.05, 0.1) is 11.4 Å². The molecular weight excluding hydrogens is 226 g/mol. The lowest BCUT2D eigenvalue weighted by atomic mass is 10.2. The molecule has 0 aromatic carbocycles. The van der Waals surface area contributed by atoms with Crippen LogP contribution in [0.4, 0.5) is 0 Å². The van der Waals surface area contributed by atoms with Gasteiger partial charge in [0.25, 0.3) is 0 Å². The van der Waals surface area contributed by atoms with Crippen molar-refractivity contribution in [2.24, 2.45) is 12.8 Å². The highest BCUT2D eigenvalue weighted by Crippen LogP contribution is 2.19. The summed E-state index contributed by atoms with van der Waals surface area (Å²) in [6.45, 7) is 5.19. The highest BCUT2D eigenvalue weighted by molar-refractivity contribution is 5.20. The van der Waals surface area contributed by atoms with E-state index in [1.807, 2.05) is 24.1 Å². The number of nitrogens with zero attached hydrogens (tertiary/aromatic N) is 4. The zero-order valence-electron chi connectivity index (χ0n) is 11.3. The van der Waals surface area contributed by atoms with Crippen molar-refractivity contribution in [3.63, 3.8) is 0 Å². The predicted molar refractivity (Wildman–Crippen MR) is 71.1 cm³/mol. The monoisotopic (exact) mass is 247 g/mol. The van der Waals surface area contributed by atoms with E-state index in [1.54, 1.807) is 0 Å². The van der Waals surface area contributed by atoms with E-state index in [9.17, 15) is 0 Å². The summed E-state index contributed by atoms with van der Waals surface area (Å²) in [5.41, 5.74) is 8.39. The lowest BCUT2D eigenvalue weighted by Gasteiger charge is -2.13. The van der Waals surface area contributed by atoms with E-state index in [1.165, 1.54) is 0 Å². The van der Waals surface area contributed by atoms with Crippen molar-refractivity contribution in [2.75, 3.05) is 0 Å². The summed E-state index contributed by atoms with van der Waals surface area (Å²) in [5, 5.41) is 4.44. The first kappa shape index (κ1) is 12.8. The highest BCUT2D eigenvalue weighted by atomic mass is 15.3. The first-order valence-electron chi connectivity index (χ1n) is 6.46. The van der Waals surface area contributed by atoms with Crippen molar-refractivity contribution in [1.82, 2.24) is 19.3 Å². The van der Waals surface area contributed by atoms with Crippen LogP contribution in [0.25, 0.3) is 0 Å². The molecule has 0 amide bonds. The summed E-state index contributed by atoms with van der Waals surface area (Å²) in [7, 11) is 1.93. The molecule has 18 heavy (non-hydrogen) atoms. The van der Waals surface area contributed by atoms with Crippen LogP contribution < -0.4 is 5.73 Å². The van der Waals surface area contributed by atoms with E-state index < -0.39 is 0 Å². The fraction of sp³-hybridized carbons (Fsp3) is 0.538. The van der Waals surface area contributed by atoms with Gasteiger partial charge in [-0.25, -0.2) is 4.98 Å². The van der Waals surface area contributed by atoms with E-state index >= 15 is 0 Å². The maximum Gasteiger partial charge on any atom is 0.131 e. The third kappa shape index (κ3) is 2.31. The molecule has 0 aliphatic rings. The minimum absolute atomic E-state index is 0.218. The number of hydrogen-bond acceptors (Lipinski definition) is 3. The fourth-order valence-electron chi connectivity index (χ4n) is 2.17.